The van der Waals surface area contributed by atoms with Crippen LogP contribution in [0.1, 0.15) is 22.6 Å². The normalized spacial score (nSPS) is 17.7. The molecule has 114 valence electrons. The number of nitrogens with zero attached hydrogens (tertiary/aromatic N) is 3. The summed E-state index contributed by atoms with van der Waals surface area (Å²) in [5.41, 5.74) is 10.9. The van der Waals surface area contributed by atoms with E-state index >= 15 is 0 Å². The maximum Gasteiger partial charge on any atom is 0.178 e. The first-order chi connectivity index (χ1) is 10.3. The van der Waals surface area contributed by atoms with E-state index in [9.17, 15) is 4.79 Å². The molecule has 0 bridgehead atoms. The monoisotopic (exact) mass is 307 g/mol. The molecule has 0 saturated carbocycles. The van der Waals surface area contributed by atoms with Gasteiger partial charge in [0.05, 0.1) is 0 Å². The number of carbonyl (C=O) groups is 1. The Balaban J connectivity index is 0.000000774. The van der Waals surface area contributed by atoms with E-state index in [1.165, 1.54) is 24.8 Å². The Hall–Kier alpha value is -1.57. The van der Waals surface area contributed by atoms with Crippen LogP contribution >= 0.6 is 11.3 Å². The lowest BCUT2D eigenvalue weighted by Gasteiger charge is -2.17. The summed E-state index contributed by atoms with van der Waals surface area (Å²) in [6, 6.07) is 3.93. The zero-order valence-electron chi connectivity index (χ0n) is 12.2. The van der Waals surface area contributed by atoms with Crippen molar-refractivity contribution in [1.82, 2.24) is 9.97 Å². The number of carbonyl (C=O) groups excluding carboxylic acids is 1. The number of hydrogen-bond donors (Lipinski definition) is 2. The third-order valence-electron chi connectivity index (χ3n) is 3.54. The van der Waals surface area contributed by atoms with Crippen molar-refractivity contribution in [3.63, 3.8) is 0 Å². The molecule has 2 aromatic heterocycles. The molecule has 0 amide bonds. The molecule has 1 fully saturated rings. The van der Waals surface area contributed by atoms with Gasteiger partial charge in [-0.05, 0) is 44.5 Å². The second-order valence-electron chi connectivity index (χ2n) is 4.84. The summed E-state index contributed by atoms with van der Waals surface area (Å²) < 4.78 is 0. The molecular weight excluding hydrogens is 286 g/mol. The third-order valence-corrected chi connectivity index (χ3v) is 4.43. The van der Waals surface area contributed by atoms with E-state index in [1.807, 2.05) is 12.1 Å². The molecule has 6 nitrogen and oxygen atoms in total. The van der Waals surface area contributed by atoms with Crippen molar-refractivity contribution < 1.29 is 4.79 Å². The Labute approximate surface area is 128 Å². The second kappa shape index (κ2) is 7.44. The highest BCUT2D eigenvalue weighted by atomic mass is 32.1. The standard InChI is InChI=1S/C13H16N4OS.CH5N/c14-5-3-9-4-6-17(7-9)11-2-1-10-13(16-11)19-12(8-18)15-10;1-2/h1-2,8-9H,3-7,14H2;2H2,1H3. The Morgan fingerprint density at radius 2 is 2.24 bits per heavy atom. The van der Waals surface area contributed by atoms with Crippen LogP contribution in [0.3, 0.4) is 0 Å². The van der Waals surface area contributed by atoms with Crippen molar-refractivity contribution >= 4 is 33.8 Å². The van der Waals surface area contributed by atoms with Gasteiger partial charge in [-0.15, -0.1) is 0 Å². The van der Waals surface area contributed by atoms with E-state index in [4.69, 9.17) is 5.73 Å². The summed E-state index contributed by atoms with van der Waals surface area (Å²) in [6.45, 7) is 2.81. The van der Waals surface area contributed by atoms with Crippen LogP contribution in [0.25, 0.3) is 10.3 Å². The molecule has 0 aromatic carbocycles. The summed E-state index contributed by atoms with van der Waals surface area (Å²) in [7, 11) is 1.50. The minimum atomic E-state index is 0.488. The van der Waals surface area contributed by atoms with E-state index < -0.39 is 0 Å². The lowest BCUT2D eigenvalue weighted by atomic mass is 10.1. The zero-order valence-corrected chi connectivity index (χ0v) is 13.0. The highest BCUT2D eigenvalue weighted by molar-refractivity contribution is 7.19. The Morgan fingerprint density at radius 3 is 2.95 bits per heavy atom. The van der Waals surface area contributed by atoms with Crippen LogP contribution in [-0.4, -0.2) is 42.9 Å². The molecule has 0 aliphatic carbocycles. The second-order valence-corrected chi connectivity index (χ2v) is 5.85. The maximum atomic E-state index is 10.7. The smallest absolute Gasteiger partial charge is 0.178 e. The third kappa shape index (κ3) is 3.55. The molecule has 1 unspecified atom stereocenters. The van der Waals surface area contributed by atoms with Crippen molar-refractivity contribution in [2.45, 2.75) is 12.8 Å². The largest absolute Gasteiger partial charge is 0.356 e. The van der Waals surface area contributed by atoms with Gasteiger partial charge >= 0.3 is 0 Å². The van der Waals surface area contributed by atoms with Gasteiger partial charge in [-0.25, -0.2) is 9.97 Å². The van der Waals surface area contributed by atoms with E-state index in [2.05, 4.69) is 20.6 Å². The average Bonchev–Trinajstić information content (AvgIpc) is 3.15. The molecule has 2 aromatic rings. The van der Waals surface area contributed by atoms with Gasteiger partial charge < -0.3 is 16.4 Å². The molecule has 1 saturated heterocycles. The molecule has 7 heteroatoms. The van der Waals surface area contributed by atoms with Crippen LogP contribution < -0.4 is 16.4 Å². The van der Waals surface area contributed by atoms with Crippen molar-refractivity contribution in [3.05, 3.63) is 17.1 Å². The van der Waals surface area contributed by atoms with Crippen LogP contribution in [0.15, 0.2) is 12.1 Å². The number of hydrogen-bond acceptors (Lipinski definition) is 7. The number of anilines is 1. The van der Waals surface area contributed by atoms with Crippen molar-refractivity contribution in [1.29, 1.82) is 0 Å². The highest BCUT2D eigenvalue weighted by Crippen LogP contribution is 2.27. The molecule has 0 radical (unpaired) electrons. The molecule has 0 spiro atoms. The molecular formula is C14H21N5OS. The molecule has 21 heavy (non-hydrogen) atoms. The quantitative estimate of drug-likeness (QED) is 0.825. The lowest BCUT2D eigenvalue weighted by molar-refractivity contribution is 0.112. The number of aldehydes is 1. The molecule has 1 aliphatic heterocycles. The van der Waals surface area contributed by atoms with Gasteiger partial charge in [-0.1, -0.05) is 11.3 Å². The number of fused-ring (bicyclic) bond motifs is 1. The minimum Gasteiger partial charge on any atom is -0.356 e. The van der Waals surface area contributed by atoms with Gasteiger partial charge in [0.15, 0.2) is 11.3 Å². The fourth-order valence-corrected chi connectivity index (χ4v) is 3.31. The van der Waals surface area contributed by atoms with E-state index in [1.54, 1.807) is 0 Å². The first-order valence-corrected chi connectivity index (χ1v) is 7.87. The van der Waals surface area contributed by atoms with Crippen molar-refractivity contribution in [3.8, 4) is 0 Å². The van der Waals surface area contributed by atoms with Crippen LogP contribution in [-0.2, 0) is 0 Å². The Morgan fingerprint density at radius 1 is 1.43 bits per heavy atom. The van der Waals surface area contributed by atoms with E-state index in [0.717, 1.165) is 48.5 Å². The molecule has 3 heterocycles. The Kier molecular flexibility index (Phi) is 5.60. The van der Waals surface area contributed by atoms with Crippen molar-refractivity contribution in [2.75, 3.05) is 31.6 Å². The molecule has 4 N–H and O–H groups in total. The van der Waals surface area contributed by atoms with Gasteiger partial charge in [-0.2, -0.15) is 0 Å². The average molecular weight is 307 g/mol. The number of thiazole rings is 1. The van der Waals surface area contributed by atoms with Crippen LogP contribution in [0.4, 0.5) is 5.82 Å². The summed E-state index contributed by atoms with van der Waals surface area (Å²) in [6.07, 6.45) is 3.03. The number of pyridine rings is 1. The van der Waals surface area contributed by atoms with Crippen LogP contribution in [0.5, 0.6) is 0 Å². The summed E-state index contributed by atoms with van der Waals surface area (Å²) in [5.74, 6) is 1.66. The summed E-state index contributed by atoms with van der Waals surface area (Å²) in [5, 5.41) is 0.488. The fraction of sp³-hybridized carbons (Fsp3) is 0.500. The first kappa shape index (κ1) is 15.8. The highest BCUT2D eigenvalue weighted by Gasteiger charge is 2.23. The van der Waals surface area contributed by atoms with E-state index in [-0.39, 0.29) is 0 Å². The summed E-state index contributed by atoms with van der Waals surface area (Å²) >= 11 is 1.34. The molecule has 1 atom stereocenters. The van der Waals surface area contributed by atoms with Crippen molar-refractivity contribution in [2.24, 2.45) is 17.4 Å². The maximum absolute atomic E-state index is 10.7. The predicted molar refractivity (Wildman–Crippen MR) is 86.9 cm³/mol. The van der Waals surface area contributed by atoms with Gasteiger partial charge in [0.25, 0.3) is 0 Å². The zero-order chi connectivity index (χ0) is 15.2. The van der Waals surface area contributed by atoms with Gasteiger partial charge in [0.1, 0.15) is 16.2 Å². The fourth-order valence-electron chi connectivity index (χ4n) is 2.56. The van der Waals surface area contributed by atoms with Crippen LogP contribution in [0.2, 0.25) is 0 Å². The first-order valence-electron chi connectivity index (χ1n) is 7.05. The SMILES string of the molecule is CN.NCCC1CCN(c2ccc3nc(C=O)sc3n2)C1. The topological polar surface area (TPSA) is 98.1 Å². The minimum absolute atomic E-state index is 0.488. The number of rotatable bonds is 4. The lowest BCUT2D eigenvalue weighted by Crippen LogP contribution is -2.21. The summed E-state index contributed by atoms with van der Waals surface area (Å²) in [4.78, 5) is 22.7. The Bertz CT molecular complexity index is 600. The molecule has 1 aliphatic rings. The number of aromatic nitrogens is 2. The molecule has 3 rings (SSSR count). The predicted octanol–water partition coefficient (Wildman–Crippen LogP) is 1.25. The number of nitrogens with two attached hydrogens (primary N) is 2. The van der Waals surface area contributed by atoms with Gasteiger partial charge in [0, 0.05) is 13.1 Å². The van der Waals surface area contributed by atoms with Gasteiger partial charge in [-0.3, -0.25) is 4.79 Å². The van der Waals surface area contributed by atoms with Crippen LogP contribution in [0, 0.1) is 5.92 Å². The van der Waals surface area contributed by atoms with Gasteiger partial charge in [0.2, 0.25) is 0 Å². The van der Waals surface area contributed by atoms with E-state index in [0.29, 0.717) is 10.9 Å².